The second-order valence-electron chi connectivity index (χ2n) is 6.27. The number of nitrogens with one attached hydrogen (secondary N) is 3. The van der Waals surface area contributed by atoms with Crippen LogP contribution in [-0.4, -0.2) is 21.8 Å². The van der Waals surface area contributed by atoms with E-state index < -0.39 is 0 Å². The van der Waals surface area contributed by atoms with Crippen molar-refractivity contribution < 1.29 is 9.59 Å². The zero-order chi connectivity index (χ0) is 19.9. The molecule has 3 N–H and O–H groups in total. The minimum Gasteiger partial charge on any atom is -0.347 e. The average molecular weight is 375 g/mol. The van der Waals surface area contributed by atoms with E-state index in [2.05, 4.69) is 25.9 Å². The summed E-state index contributed by atoms with van der Waals surface area (Å²) in [6.07, 6.45) is 0. The van der Waals surface area contributed by atoms with Gasteiger partial charge in [0.2, 0.25) is 11.9 Å². The van der Waals surface area contributed by atoms with E-state index in [0.29, 0.717) is 29.6 Å². The van der Waals surface area contributed by atoms with Crippen molar-refractivity contribution in [1.29, 1.82) is 0 Å². The first kappa shape index (κ1) is 19.0. The molecule has 2 amide bonds. The molecule has 0 bridgehead atoms. The molecular formula is C21H21N5O2. The van der Waals surface area contributed by atoms with Gasteiger partial charge in [-0.05, 0) is 36.8 Å². The van der Waals surface area contributed by atoms with Crippen LogP contribution in [0.1, 0.15) is 28.7 Å². The Kier molecular flexibility index (Phi) is 5.96. The summed E-state index contributed by atoms with van der Waals surface area (Å²) >= 11 is 0. The van der Waals surface area contributed by atoms with Crippen LogP contribution >= 0.6 is 0 Å². The first-order chi connectivity index (χ1) is 13.5. The smallest absolute Gasteiger partial charge is 0.270 e. The third kappa shape index (κ3) is 5.38. The van der Waals surface area contributed by atoms with Crippen LogP contribution in [-0.2, 0) is 11.3 Å². The number of nitrogens with zero attached hydrogens (tertiary/aromatic N) is 2. The summed E-state index contributed by atoms with van der Waals surface area (Å²) < 4.78 is 0. The molecule has 0 saturated heterocycles. The Hall–Kier alpha value is -3.74. The molecule has 1 heterocycles. The fourth-order valence-corrected chi connectivity index (χ4v) is 2.62. The highest BCUT2D eigenvalue weighted by Crippen LogP contribution is 2.18. The predicted molar refractivity (Wildman–Crippen MR) is 108 cm³/mol. The van der Waals surface area contributed by atoms with Crippen LogP contribution in [0, 0.1) is 6.92 Å². The van der Waals surface area contributed by atoms with E-state index in [0.717, 1.165) is 5.56 Å². The van der Waals surface area contributed by atoms with Crippen LogP contribution in [0.15, 0.2) is 60.7 Å². The van der Waals surface area contributed by atoms with E-state index in [1.54, 1.807) is 31.2 Å². The van der Waals surface area contributed by atoms with Crippen LogP contribution in [0.5, 0.6) is 0 Å². The molecule has 0 unspecified atom stereocenters. The maximum absolute atomic E-state index is 12.5. The molecule has 0 aliphatic carbocycles. The highest BCUT2D eigenvalue weighted by atomic mass is 16.2. The fourth-order valence-electron chi connectivity index (χ4n) is 2.62. The predicted octanol–water partition coefficient (Wildman–Crippen LogP) is 3.42. The molecular weight excluding hydrogens is 354 g/mol. The maximum atomic E-state index is 12.5. The second kappa shape index (κ2) is 8.77. The summed E-state index contributed by atoms with van der Waals surface area (Å²) in [7, 11) is 0. The number of anilines is 3. The number of aromatic nitrogens is 2. The summed E-state index contributed by atoms with van der Waals surface area (Å²) in [5, 5.41) is 8.65. The summed E-state index contributed by atoms with van der Waals surface area (Å²) in [6.45, 7) is 3.67. The van der Waals surface area contributed by atoms with E-state index in [4.69, 9.17) is 0 Å². The van der Waals surface area contributed by atoms with Crippen molar-refractivity contribution in [2.24, 2.45) is 0 Å². The number of carbonyl (C=O) groups is 2. The first-order valence-corrected chi connectivity index (χ1v) is 8.82. The molecule has 0 radical (unpaired) electrons. The molecule has 2 aromatic carbocycles. The zero-order valence-electron chi connectivity index (χ0n) is 15.7. The normalized spacial score (nSPS) is 10.2. The van der Waals surface area contributed by atoms with Gasteiger partial charge in [-0.25, -0.2) is 9.97 Å². The Balaban J connectivity index is 1.72. The lowest BCUT2D eigenvalue weighted by Crippen LogP contribution is -2.24. The lowest BCUT2D eigenvalue weighted by Gasteiger charge is -2.10. The summed E-state index contributed by atoms with van der Waals surface area (Å²) in [5.74, 6) is -0.115. The molecule has 3 aromatic rings. The molecule has 3 rings (SSSR count). The number of carbonyl (C=O) groups excluding carboxylic acids is 2. The monoisotopic (exact) mass is 375 g/mol. The number of benzene rings is 2. The Labute approximate surface area is 163 Å². The van der Waals surface area contributed by atoms with Crippen molar-refractivity contribution in [3.8, 4) is 0 Å². The minimum absolute atomic E-state index is 0.152. The molecule has 0 saturated carbocycles. The average Bonchev–Trinajstić information content (AvgIpc) is 2.66. The molecule has 0 aliphatic rings. The number of hydrogen-bond donors (Lipinski definition) is 3. The van der Waals surface area contributed by atoms with Crippen LogP contribution in [0.3, 0.4) is 0 Å². The van der Waals surface area contributed by atoms with Crippen molar-refractivity contribution in [3.05, 3.63) is 77.6 Å². The van der Waals surface area contributed by atoms with Crippen LogP contribution in [0.4, 0.5) is 17.3 Å². The molecule has 0 spiro atoms. The van der Waals surface area contributed by atoms with Crippen molar-refractivity contribution in [2.75, 3.05) is 10.6 Å². The van der Waals surface area contributed by atoms with Gasteiger partial charge in [-0.3, -0.25) is 9.59 Å². The second-order valence-corrected chi connectivity index (χ2v) is 6.27. The van der Waals surface area contributed by atoms with Gasteiger partial charge >= 0.3 is 0 Å². The molecule has 7 nitrogen and oxygen atoms in total. The van der Waals surface area contributed by atoms with Gasteiger partial charge in [-0.1, -0.05) is 36.4 Å². The van der Waals surface area contributed by atoms with Crippen LogP contribution in [0.2, 0.25) is 0 Å². The third-order valence-electron chi connectivity index (χ3n) is 3.82. The van der Waals surface area contributed by atoms with Crippen molar-refractivity contribution in [1.82, 2.24) is 15.3 Å². The van der Waals surface area contributed by atoms with Gasteiger partial charge in [0.05, 0.1) is 0 Å². The van der Waals surface area contributed by atoms with E-state index in [1.165, 1.54) is 6.92 Å². The summed E-state index contributed by atoms with van der Waals surface area (Å²) in [6, 6.07) is 18.5. The number of hydrogen-bond acceptors (Lipinski definition) is 5. The standard InChI is InChI=1S/C21H21N5O2/c1-14-11-19(20(28)22-13-16-7-4-3-5-8-16)26-21(23-14)25-18-10-6-9-17(12-18)24-15(2)27/h3-12H,13H2,1-2H3,(H,22,28)(H,24,27)(H,23,25,26). The molecule has 7 heteroatoms. The molecule has 0 aliphatic heterocycles. The van der Waals surface area contributed by atoms with Gasteiger partial charge in [-0.15, -0.1) is 0 Å². The largest absolute Gasteiger partial charge is 0.347 e. The van der Waals surface area contributed by atoms with Gasteiger partial charge in [0.15, 0.2) is 0 Å². The Morgan fingerprint density at radius 1 is 0.929 bits per heavy atom. The highest BCUT2D eigenvalue weighted by Gasteiger charge is 2.11. The molecule has 0 fully saturated rings. The van der Waals surface area contributed by atoms with Gasteiger partial charge in [0.25, 0.3) is 5.91 Å². The minimum atomic E-state index is -0.274. The fraction of sp³-hybridized carbons (Fsp3) is 0.143. The Morgan fingerprint density at radius 3 is 2.43 bits per heavy atom. The van der Waals surface area contributed by atoms with Crippen molar-refractivity contribution in [2.45, 2.75) is 20.4 Å². The van der Waals surface area contributed by atoms with E-state index in [1.807, 2.05) is 36.4 Å². The number of aryl methyl sites for hydroxylation is 1. The number of amides is 2. The quantitative estimate of drug-likeness (QED) is 0.613. The third-order valence-corrected chi connectivity index (χ3v) is 3.82. The van der Waals surface area contributed by atoms with Gasteiger partial charge in [0.1, 0.15) is 5.69 Å². The molecule has 1 aromatic heterocycles. The topological polar surface area (TPSA) is 96.0 Å². The SMILES string of the molecule is CC(=O)Nc1cccc(Nc2nc(C)cc(C(=O)NCc3ccccc3)n2)c1. The van der Waals surface area contributed by atoms with Crippen molar-refractivity contribution in [3.63, 3.8) is 0 Å². The number of rotatable bonds is 6. The maximum Gasteiger partial charge on any atom is 0.270 e. The molecule has 142 valence electrons. The lowest BCUT2D eigenvalue weighted by molar-refractivity contribution is -0.114. The summed E-state index contributed by atoms with van der Waals surface area (Å²) in [5.41, 5.74) is 3.32. The molecule has 28 heavy (non-hydrogen) atoms. The highest BCUT2D eigenvalue weighted by molar-refractivity contribution is 5.92. The van der Waals surface area contributed by atoms with Crippen molar-refractivity contribution >= 4 is 29.1 Å². The van der Waals surface area contributed by atoms with E-state index in [-0.39, 0.29) is 17.5 Å². The van der Waals surface area contributed by atoms with Gasteiger partial charge in [0, 0.05) is 30.5 Å². The van der Waals surface area contributed by atoms with Gasteiger partial charge in [-0.2, -0.15) is 0 Å². The van der Waals surface area contributed by atoms with Crippen LogP contribution < -0.4 is 16.0 Å². The Morgan fingerprint density at radius 2 is 1.68 bits per heavy atom. The summed E-state index contributed by atoms with van der Waals surface area (Å²) in [4.78, 5) is 32.3. The lowest BCUT2D eigenvalue weighted by atomic mass is 10.2. The zero-order valence-corrected chi connectivity index (χ0v) is 15.7. The molecule has 0 atom stereocenters. The van der Waals surface area contributed by atoms with E-state index in [9.17, 15) is 9.59 Å². The van der Waals surface area contributed by atoms with Gasteiger partial charge < -0.3 is 16.0 Å². The van der Waals surface area contributed by atoms with Crippen LogP contribution in [0.25, 0.3) is 0 Å². The first-order valence-electron chi connectivity index (χ1n) is 8.82. The Bertz CT molecular complexity index is 989. The van der Waals surface area contributed by atoms with E-state index >= 15 is 0 Å².